The second-order valence-electron chi connectivity index (χ2n) is 18.6. The molecule has 3 heteroatoms. The minimum atomic E-state index is 0.107. The molecule has 10 aromatic rings. The highest BCUT2D eigenvalue weighted by atomic mass is 16.3. The number of hydrogen-bond donors (Lipinski definition) is 0. The summed E-state index contributed by atoms with van der Waals surface area (Å²) in [7, 11) is 0. The summed E-state index contributed by atoms with van der Waals surface area (Å²) < 4.78 is 9.18. The Morgan fingerprint density at radius 2 is 1.08 bits per heavy atom. The molecular formula is C61H50N2O. The number of nitrogens with zero attached hydrogens (tertiary/aromatic N) is 2. The molecule has 0 amide bonds. The zero-order chi connectivity index (χ0) is 42.2. The third-order valence-electron chi connectivity index (χ3n) is 15.1. The van der Waals surface area contributed by atoms with E-state index in [0.717, 1.165) is 44.3 Å². The molecular weight excluding hydrogens is 777 g/mol. The highest BCUT2D eigenvalue weighted by molar-refractivity contribution is 6.17. The van der Waals surface area contributed by atoms with E-state index in [4.69, 9.17) is 4.42 Å². The van der Waals surface area contributed by atoms with Crippen LogP contribution in [0.25, 0.3) is 72.0 Å². The van der Waals surface area contributed by atoms with Crippen LogP contribution in [-0.2, 0) is 5.41 Å². The van der Waals surface area contributed by atoms with E-state index in [1.165, 1.54) is 119 Å². The normalized spacial score (nSPS) is 15.6. The van der Waals surface area contributed by atoms with Gasteiger partial charge in [0.2, 0.25) is 0 Å². The van der Waals surface area contributed by atoms with Gasteiger partial charge in [-0.05, 0) is 154 Å². The molecule has 0 N–H and O–H groups in total. The highest BCUT2D eigenvalue weighted by Gasteiger charge is 2.45. The Morgan fingerprint density at radius 1 is 0.469 bits per heavy atom. The predicted octanol–water partition coefficient (Wildman–Crippen LogP) is 17.2. The average molecular weight is 827 g/mol. The van der Waals surface area contributed by atoms with Gasteiger partial charge in [-0.3, -0.25) is 0 Å². The van der Waals surface area contributed by atoms with Crippen molar-refractivity contribution in [2.45, 2.75) is 69.1 Å². The quantitative estimate of drug-likeness (QED) is 0.160. The van der Waals surface area contributed by atoms with Crippen LogP contribution in [0.1, 0.15) is 80.4 Å². The van der Waals surface area contributed by atoms with Crippen LogP contribution in [0.5, 0.6) is 0 Å². The lowest BCUT2D eigenvalue weighted by molar-refractivity contribution is 0.443. The molecule has 0 radical (unpaired) electrons. The van der Waals surface area contributed by atoms with Crippen molar-refractivity contribution >= 4 is 50.0 Å². The first-order chi connectivity index (χ1) is 31.7. The van der Waals surface area contributed by atoms with Crippen LogP contribution in [0, 0.1) is 0 Å². The average Bonchev–Trinajstić information content (AvgIpc) is 4.15. The molecule has 0 saturated heterocycles. The lowest BCUT2D eigenvalue weighted by atomic mass is 9.76. The number of aromatic nitrogens is 1. The van der Waals surface area contributed by atoms with Gasteiger partial charge >= 0.3 is 0 Å². The number of para-hydroxylation sites is 1. The Balaban J connectivity index is 0.920. The van der Waals surface area contributed by atoms with Gasteiger partial charge < -0.3 is 13.9 Å². The summed E-state index contributed by atoms with van der Waals surface area (Å²) in [5.74, 6) is 0.672. The first kappa shape index (κ1) is 37.5. The number of furan rings is 1. The lowest BCUT2D eigenvalue weighted by Crippen LogP contribution is -2.21. The Morgan fingerprint density at radius 3 is 1.84 bits per heavy atom. The molecule has 13 rings (SSSR count). The van der Waals surface area contributed by atoms with Gasteiger partial charge in [0.25, 0.3) is 0 Å². The number of hydrogen-bond acceptors (Lipinski definition) is 2. The second kappa shape index (κ2) is 15.0. The van der Waals surface area contributed by atoms with E-state index in [9.17, 15) is 0 Å². The topological polar surface area (TPSA) is 21.3 Å². The van der Waals surface area contributed by atoms with Crippen LogP contribution in [0.15, 0.2) is 192 Å². The van der Waals surface area contributed by atoms with Gasteiger partial charge in [-0.15, -0.1) is 0 Å². The van der Waals surface area contributed by atoms with Gasteiger partial charge in [-0.1, -0.05) is 147 Å². The highest BCUT2D eigenvalue weighted by Crippen LogP contribution is 2.58. The second-order valence-corrected chi connectivity index (χ2v) is 18.6. The summed E-state index contributed by atoms with van der Waals surface area (Å²) in [4.78, 5) is 2.49. The zero-order valence-electron chi connectivity index (χ0n) is 36.1. The zero-order valence-corrected chi connectivity index (χ0v) is 36.1. The van der Waals surface area contributed by atoms with Crippen LogP contribution in [-0.4, -0.2) is 4.57 Å². The maximum absolute atomic E-state index is 6.80. The van der Waals surface area contributed by atoms with E-state index in [0.29, 0.717) is 5.92 Å². The lowest BCUT2D eigenvalue weighted by Gasteiger charge is -2.30. The number of fused-ring (bicyclic) bond motifs is 10. The van der Waals surface area contributed by atoms with Gasteiger partial charge in [0.15, 0.2) is 5.58 Å². The first-order valence-corrected chi connectivity index (χ1v) is 23.6. The smallest absolute Gasteiger partial charge is 0.161 e. The molecule has 3 aliphatic rings. The molecule has 0 aliphatic heterocycles. The van der Waals surface area contributed by atoms with Gasteiger partial charge in [-0.25, -0.2) is 0 Å². The van der Waals surface area contributed by atoms with Crippen molar-refractivity contribution in [1.29, 1.82) is 0 Å². The van der Waals surface area contributed by atoms with Gasteiger partial charge in [0.1, 0.15) is 11.1 Å². The van der Waals surface area contributed by atoms with Gasteiger partial charge in [0, 0.05) is 38.9 Å². The molecule has 64 heavy (non-hydrogen) atoms. The van der Waals surface area contributed by atoms with Crippen LogP contribution in [0.3, 0.4) is 0 Å². The van der Waals surface area contributed by atoms with Crippen molar-refractivity contribution < 1.29 is 4.42 Å². The maximum atomic E-state index is 6.80. The Hall–Kier alpha value is -7.10. The molecule has 3 aliphatic carbocycles. The van der Waals surface area contributed by atoms with Crippen LogP contribution >= 0.6 is 0 Å². The molecule has 2 saturated carbocycles. The van der Waals surface area contributed by atoms with Crippen molar-refractivity contribution in [2.24, 2.45) is 0 Å². The molecule has 2 heterocycles. The summed E-state index contributed by atoms with van der Waals surface area (Å²) in [6.45, 7) is 0. The summed E-state index contributed by atoms with van der Waals surface area (Å²) in [6, 6.07) is 70.1. The molecule has 0 bridgehead atoms. The van der Waals surface area contributed by atoms with E-state index in [-0.39, 0.29) is 5.41 Å². The van der Waals surface area contributed by atoms with Gasteiger partial charge in [-0.2, -0.15) is 0 Å². The summed E-state index contributed by atoms with van der Waals surface area (Å²) in [5, 5.41) is 2.22. The standard InChI is InChI=1S/C61H50N2O/c1-4-14-41(15-5-1)43-22-28-48(29-23-43)62(50-32-33-52-51-20-10-11-21-55(51)61(56(52)40-50)36-12-13-37-61)49-30-24-44(25-31-49)45-26-34-57-53(38-45)60-59(63(57)47-18-8-3-9-19-47)54-39-46(27-35-58(54)64-60)42-16-6-2-7-17-42/h2-3,6-11,16-35,38-41H,1,4-5,12-15,36-37H2. The van der Waals surface area contributed by atoms with Crippen LogP contribution in [0.4, 0.5) is 17.1 Å². The Bertz CT molecular complexity index is 3340. The molecule has 310 valence electrons. The summed E-state index contributed by atoms with van der Waals surface area (Å²) in [6.07, 6.45) is 11.7. The molecule has 1 spiro atoms. The van der Waals surface area contributed by atoms with Crippen LogP contribution in [0.2, 0.25) is 0 Å². The number of anilines is 3. The minimum Gasteiger partial charge on any atom is -0.454 e. The maximum Gasteiger partial charge on any atom is 0.161 e. The van der Waals surface area contributed by atoms with Crippen molar-refractivity contribution in [3.63, 3.8) is 0 Å². The molecule has 0 unspecified atom stereocenters. The van der Waals surface area contributed by atoms with E-state index < -0.39 is 0 Å². The molecule has 2 fully saturated rings. The SMILES string of the molecule is c1ccc(-c2ccc3oc4c5cc(-c6ccc(N(c7ccc(C8CCCCC8)cc7)c7ccc8c(c7)C7(CCCC7)c7ccccc7-8)cc6)ccc5n(-c5ccccc5)c4c3c2)cc1. The van der Waals surface area contributed by atoms with Crippen LogP contribution < -0.4 is 4.90 Å². The fourth-order valence-electron chi connectivity index (χ4n) is 12.0. The van der Waals surface area contributed by atoms with E-state index in [1.807, 2.05) is 0 Å². The fraction of sp³-hybridized carbons (Fsp3) is 0.180. The predicted molar refractivity (Wildman–Crippen MR) is 267 cm³/mol. The minimum absolute atomic E-state index is 0.107. The Kier molecular flexibility index (Phi) is 8.79. The number of rotatable bonds is 7. The van der Waals surface area contributed by atoms with E-state index in [1.54, 1.807) is 0 Å². The molecule has 8 aromatic carbocycles. The summed E-state index contributed by atoms with van der Waals surface area (Å²) in [5.41, 5.74) is 20.9. The largest absolute Gasteiger partial charge is 0.454 e. The van der Waals surface area contributed by atoms with Crippen molar-refractivity contribution in [1.82, 2.24) is 4.57 Å². The van der Waals surface area contributed by atoms with Crippen molar-refractivity contribution in [2.75, 3.05) is 4.90 Å². The van der Waals surface area contributed by atoms with E-state index >= 15 is 0 Å². The molecule has 0 atom stereocenters. The van der Waals surface area contributed by atoms with Crippen molar-refractivity contribution in [3.8, 4) is 39.1 Å². The summed E-state index contributed by atoms with van der Waals surface area (Å²) >= 11 is 0. The first-order valence-electron chi connectivity index (χ1n) is 23.6. The Labute approximate surface area is 375 Å². The number of benzene rings is 8. The third kappa shape index (κ3) is 5.94. The molecule has 2 aromatic heterocycles. The third-order valence-corrected chi connectivity index (χ3v) is 15.1. The van der Waals surface area contributed by atoms with E-state index in [2.05, 4.69) is 198 Å². The fourth-order valence-corrected chi connectivity index (χ4v) is 12.0. The molecule has 3 nitrogen and oxygen atoms in total. The van der Waals surface area contributed by atoms with Gasteiger partial charge in [0.05, 0.1) is 5.52 Å². The van der Waals surface area contributed by atoms with Crippen molar-refractivity contribution in [3.05, 3.63) is 205 Å². The monoisotopic (exact) mass is 826 g/mol.